The first-order valence-corrected chi connectivity index (χ1v) is 12.1. The van der Waals surface area contributed by atoms with Gasteiger partial charge in [0.15, 0.2) is 0 Å². The molecule has 4 rings (SSSR count). The molecular weight excluding hydrogens is 452 g/mol. The fourth-order valence-electron chi connectivity index (χ4n) is 5.29. The second kappa shape index (κ2) is 9.51. The molecule has 6 nitrogen and oxygen atoms in total. The van der Waals surface area contributed by atoms with E-state index in [-0.39, 0.29) is 24.0 Å². The molecule has 1 saturated carbocycles. The summed E-state index contributed by atoms with van der Waals surface area (Å²) in [5.41, 5.74) is -0.444. The molecule has 3 atom stereocenters. The van der Waals surface area contributed by atoms with Crippen LogP contribution >= 0.6 is 11.6 Å². The highest BCUT2D eigenvalue weighted by molar-refractivity contribution is 6.30. The van der Waals surface area contributed by atoms with Gasteiger partial charge in [-0.3, -0.25) is 14.4 Å². The SMILES string of the molecule is CC1(C)CN(C(=O)[C@@H]2CC(=O)CC[C@H]2NC(=O)c2ccccc2)CC[C@]1(O)c1ccc(Cl)cc1. The van der Waals surface area contributed by atoms with Crippen molar-refractivity contribution in [2.24, 2.45) is 11.3 Å². The normalized spacial score (nSPS) is 26.7. The van der Waals surface area contributed by atoms with E-state index in [9.17, 15) is 19.5 Å². The minimum Gasteiger partial charge on any atom is -0.384 e. The van der Waals surface area contributed by atoms with E-state index in [0.29, 0.717) is 42.9 Å². The highest BCUT2D eigenvalue weighted by atomic mass is 35.5. The number of carbonyl (C=O) groups is 3. The van der Waals surface area contributed by atoms with Gasteiger partial charge in [-0.25, -0.2) is 0 Å². The molecule has 0 aromatic heterocycles. The minimum atomic E-state index is -1.11. The zero-order valence-electron chi connectivity index (χ0n) is 19.6. The number of nitrogens with one attached hydrogen (secondary N) is 1. The third-order valence-electron chi connectivity index (χ3n) is 7.42. The predicted molar refractivity (Wildman–Crippen MR) is 130 cm³/mol. The molecule has 2 aromatic carbocycles. The number of hydrogen-bond donors (Lipinski definition) is 2. The Kier molecular flexibility index (Phi) is 6.83. The van der Waals surface area contributed by atoms with Gasteiger partial charge in [-0.1, -0.05) is 55.8 Å². The van der Waals surface area contributed by atoms with Gasteiger partial charge in [0, 0.05) is 48.0 Å². The molecule has 0 radical (unpaired) electrons. The van der Waals surface area contributed by atoms with Gasteiger partial charge in [-0.15, -0.1) is 0 Å². The maximum Gasteiger partial charge on any atom is 0.251 e. The van der Waals surface area contributed by atoms with Gasteiger partial charge in [0.1, 0.15) is 5.78 Å². The van der Waals surface area contributed by atoms with E-state index in [1.54, 1.807) is 41.3 Å². The fourth-order valence-corrected chi connectivity index (χ4v) is 5.41. The second-order valence-electron chi connectivity index (χ2n) is 10.1. The van der Waals surface area contributed by atoms with Crippen LogP contribution in [0.15, 0.2) is 54.6 Å². The summed E-state index contributed by atoms with van der Waals surface area (Å²) in [5.74, 6) is -0.949. The van der Waals surface area contributed by atoms with Crippen molar-refractivity contribution < 1.29 is 19.5 Å². The molecule has 1 heterocycles. The zero-order valence-corrected chi connectivity index (χ0v) is 20.3. The van der Waals surface area contributed by atoms with Crippen molar-refractivity contribution in [2.45, 2.75) is 51.2 Å². The van der Waals surface area contributed by atoms with Crippen LogP contribution in [0.25, 0.3) is 0 Å². The Bertz CT molecular complexity index is 1070. The summed E-state index contributed by atoms with van der Waals surface area (Å²) in [4.78, 5) is 40.4. The highest BCUT2D eigenvalue weighted by Gasteiger charge is 2.51. The zero-order chi connectivity index (χ0) is 24.5. The third kappa shape index (κ3) is 4.75. The molecule has 1 aliphatic carbocycles. The third-order valence-corrected chi connectivity index (χ3v) is 7.67. The molecule has 180 valence electrons. The maximum atomic E-state index is 13.6. The number of benzene rings is 2. The molecular formula is C27H31ClN2O4. The van der Waals surface area contributed by atoms with Crippen molar-refractivity contribution in [2.75, 3.05) is 13.1 Å². The van der Waals surface area contributed by atoms with Gasteiger partial charge in [-0.05, 0) is 42.7 Å². The maximum absolute atomic E-state index is 13.6. The lowest BCUT2D eigenvalue weighted by Crippen LogP contribution is -2.59. The van der Waals surface area contributed by atoms with Crippen molar-refractivity contribution in [1.82, 2.24) is 10.2 Å². The Hall–Kier alpha value is -2.70. The number of piperidine rings is 1. The topological polar surface area (TPSA) is 86.7 Å². The highest BCUT2D eigenvalue weighted by Crippen LogP contribution is 2.46. The number of amides is 2. The molecule has 2 amide bonds. The van der Waals surface area contributed by atoms with E-state index in [1.807, 2.05) is 32.0 Å². The molecule has 0 bridgehead atoms. The number of rotatable bonds is 4. The average Bonchev–Trinajstić information content (AvgIpc) is 2.82. The monoisotopic (exact) mass is 482 g/mol. The number of Topliss-reactive ketones (excluding diaryl/α,β-unsaturated/α-hetero) is 1. The number of likely N-dealkylation sites (tertiary alicyclic amines) is 1. The smallest absolute Gasteiger partial charge is 0.251 e. The van der Waals surface area contributed by atoms with Gasteiger partial charge < -0.3 is 15.3 Å². The van der Waals surface area contributed by atoms with Crippen LogP contribution in [0.3, 0.4) is 0 Å². The summed E-state index contributed by atoms with van der Waals surface area (Å²) in [6, 6.07) is 15.7. The lowest BCUT2D eigenvalue weighted by molar-refractivity contribution is -0.159. The number of nitrogens with zero attached hydrogens (tertiary/aromatic N) is 1. The summed E-state index contributed by atoms with van der Waals surface area (Å²) >= 11 is 6.03. The molecule has 7 heteroatoms. The van der Waals surface area contributed by atoms with Crippen molar-refractivity contribution in [3.8, 4) is 0 Å². The molecule has 1 saturated heterocycles. The van der Waals surface area contributed by atoms with Crippen molar-refractivity contribution in [1.29, 1.82) is 0 Å². The average molecular weight is 483 g/mol. The summed E-state index contributed by atoms with van der Waals surface area (Å²) in [6.07, 6.45) is 1.29. The summed E-state index contributed by atoms with van der Waals surface area (Å²) in [5, 5.41) is 15.2. The molecule has 0 unspecified atom stereocenters. The summed E-state index contributed by atoms with van der Waals surface area (Å²) in [6.45, 7) is 4.60. The van der Waals surface area contributed by atoms with Crippen LogP contribution in [-0.4, -0.2) is 46.7 Å². The van der Waals surface area contributed by atoms with E-state index in [2.05, 4.69) is 5.32 Å². The van der Waals surface area contributed by atoms with Crippen LogP contribution in [0.2, 0.25) is 5.02 Å². The molecule has 2 fully saturated rings. The van der Waals surface area contributed by atoms with Crippen LogP contribution in [0, 0.1) is 11.3 Å². The molecule has 1 aliphatic heterocycles. The fraction of sp³-hybridized carbons (Fsp3) is 0.444. The van der Waals surface area contributed by atoms with Gasteiger partial charge >= 0.3 is 0 Å². The van der Waals surface area contributed by atoms with Crippen molar-refractivity contribution in [3.63, 3.8) is 0 Å². The van der Waals surface area contributed by atoms with Gasteiger partial charge in [0.25, 0.3) is 5.91 Å². The molecule has 2 aromatic rings. The molecule has 0 spiro atoms. The second-order valence-corrected chi connectivity index (χ2v) is 10.5. The van der Waals surface area contributed by atoms with Crippen LogP contribution in [0.5, 0.6) is 0 Å². The standard InChI is InChI=1S/C27H31ClN2O4/c1-26(2)17-30(15-14-27(26,34)19-8-10-20(28)11-9-19)25(33)22-16-21(31)12-13-23(22)29-24(32)18-6-4-3-5-7-18/h3-11,22-23,34H,12-17H2,1-2H3,(H,29,32)/t22-,23-,27+/m1/s1. The Morgan fingerprint density at radius 2 is 1.76 bits per heavy atom. The van der Waals surface area contributed by atoms with Crippen LogP contribution < -0.4 is 5.32 Å². The largest absolute Gasteiger partial charge is 0.384 e. The van der Waals surface area contributed by atoms with Gasteiger partial charge in [0.05, 0.1) is 11.5 Å². The van der Waals surface area contributed by atoms with Crippen LogP contribution in [0.1, 0.15) is 55.5 Å². The Balaban J connectivity index is 1.51. The number of carbonyl (C=O) groups excluding carboxylic acids is 3. The van der Waals surface area contributed by atoms with E-state index in [4.69, 9.17) is 11.6 Å². The molecule has 34 heavy (non-hydrogen) atoms. The predicted octanol–water partition coefficient (Wildman–Crippen LogP) is 3.95. The first kappa shape index (κ1) is 24.4. The summed E-state index contributed by atoms with van der Waals surface area (Å²) in [7, 11) is 0. The van der Waals surface area contributed by atoms with E-state index in [1.165, 1.54) is 0 Å². The first-order chi connectivity index (χ1) is 16.1. The van der Waals surface area contributed by atoms with E-state index in [0.717, 1.165) is 5.56 Å². The van der Waals surface area contributed by atoms with Crippen molar-refractivity contribution >= 4 is 29.2 Å². The van der Waals surface area contributed by atoms with Crippen LogP contribution in [0.4, 0.5) is 0 Å². The van der Waals surface area contributed by atoms with Gasteiger partial charge in [-0.2, -0.15) is 0 Å². The van der Waals surface area contributed by atoms with Crippen molar-refractivity contribution in [3.05, 3.63) is 70.7 Å². The Morgan fingerprint density at radius 1 is 1.09 bits per heavy atom. The van der Waals surface area contributed by atoms with E-state index < -0.39 is 23.0 Å². The summed E-state index contributed by atoms with van der Waals surface area (Å²) < 4.78 is 0. The van der Waals surface area contributed by atoms with Crippen LogP contribution in [-0.2, 0) is 15.2 Å². The lowest BCUT2D eigenvalue weighted by Gasteiger charge is -2.51. The number of hydrogen-bond acceptors (Lipinski definition) is 4. The minimum absolute atomic E-state index is 0.0394. The molecule has 2 aliphatic rings. The lowest BCUT2D eigenvalue weighted by atomic mass is 9.66. The van der Waals surface area contributed by atoms with E-state index >= 15 is 0 Å². The quantitative estimate of drug-likeness (QED) is 0.690. The van der Waals surface area contributed by atoms with Gasteiger partial charge in [0.2, 0.25) is 5.91 Å². The number of halogens is 1. The first-order valence-electron chi connectivity index (χ1n) is 11.8. The Morgan fingerprint density at radius 3 is 2.41 bits per heavy atom. The Labute approximate surface area is 205 Å². The number of aliphatic hydroxyl groups is 1. The number of ketones is 1. The molecule has 2 N–H and O–H groups in total.